The summed E-state index contributed by atoms with van der Waals surface area (Å²) in [5, 5.41) is 6.01. The Balaban J connectivity index is 1.71. The first-order valence-electron chi connectivity index (χ1n) is 12.4. The maximum atomic E-state index is 14.4. The summed E-state index contributed by atoms with van der Waals surface area (Å²) in [7, 11) is 5.97. The Kier molecular flexibility index (Phi) is 8.19. The number of amides is 1. The number of anilines is 1. The molecule has 0 saturated heterocycles. The normalized spacial score (nSPS) is 10.9. The smallest absolute Gasteiger partial charge is 0.260 e. The molecular formula is C32H25Br2NO6. The van der Waals surface area contributed by atoms with Crippen molar-refractivity contribution in [2.75, 3.05) is 33.8 Å². The predicted molar refractivity (Wildman–Crippen MR) is 167 cm³/mol. The second kappa shape index (κ2) is 11.8. The zero-order chi connectivity index (χ0) is 29.3. The van der Waals surface area contributed by atoms with Crippen molar-refractivity contribution in [2.45, 2.75) is 0 Å². The van der Waals surface area contributed by atoms with Crippen molar-refractivity contribution in [3.8, 4) is 23.0 Å². The van der Waals surface area contributed by atoms with E-state index in [2.05, 4.69) is 37.2 Å². The van der Waals surface area contributed by atoms with Crippen molar-refractivity contribution in [2.24, 2.45) is 0 Å². The van der Waals surface area contributed by atoms with E-state index in [0.29, 0.717) is 39.1 Å². The number of halogens is 2. The third-order valence-corrected chi connectivity index (χ3v) is 7.77. The van der Waals surface area contributed by atoms with Gasteiger partial charge in [0.2, 0.25) is 5.78 Å². The number of ether oxygens (including phenoxy) is 4. The zero-order valence-electron chi connectivity index (χ0n) is 22.6. The Bertz CT molecular complexity index is 1840. The standard InChI is InChI=1S/C32H25Br2NO6/c1-38-21-15-24(35-32(37)29-23-10-8-20(34)14-18(23)6-12-26(29)40-3)30(27(16-21)41-4)31(36)28-22-9-7-19(33)13-17(22)5-11-25(28)39-2/h5-16H,1-4H3,(H,35,37). The van der Waals surface area contributed by atoms with Crippen LogP contribution in [0.5, 0.6) is 23.0 Å². The number of methoxy groups -OCH3 is 4. The van der Waals surface area contributed by atoms with Gasteiger partial charge < -0.3 is 24.3 Å². The van der Waals surface area contributed by atoms with Crippen LogP contribution in [0.25, 0.3) is 21.5 Å². The predicted octanol–water partition coefficient (Wildman–Crippen LogP) is 8.04. The van der Waals surface area contributed by atoms with Crippen LogP contribution in [0.15, 0.2) is 81.7 Å². The number of fused-ring (bicyclic) bond motifs is 2. The number of rotatable bonds is 8. The van der Waals surface area contributed by atoms with E-state index in [0.717, 1.165) is 19.7 Å². The molecule has 1 amide bonds. The van der Waals surface area contributed by atoms with Crippen LogP contribution in [0.4, 0.5) is 5.69 Å². The molecule has 0 aliphatic heterocycles. The number of hydrogen-bond donors (Lipinski definition) is 1. The van der Waals surface area contributed by atoms with Crippen molar-refractivity contribution >= 4 is 70.8 Å². The van der Waals surface area contributed by atoms with Gasteiger partial charge in [-0.15, -0.1) is 0 Å². The monoisotopic (exact) mass is 677 g/mol. The average molecular weight is 679 g/mol. The van der Waals surface area contributed by atoms with Gasteiger partial charge in [0.05, 0.1) is 50.8 Å². The molecule has 0 aliphatic carbocycles. The Morgan fingerprint density at radius 3 is 1.66 bits per heavy atom. The van der Waals surface area contributed by atoms with E-state index in [-0.39, 0.29) is 17.0 Å². The number of hydrogen-bond acceptors (Lipinski definition) is 6. The van der Waals surface area contributed by atoms with Crippen molar-refractivity contribution < 1.29 is 28.5 Å². The van der Waals surface area contributed by atoms with Crippen LogP contribution in [-0.2, 0) is 0 Å². The third kappa shape index (κ3) is 5.35. The van der Waals surface area contributed by atoms with E-state index in [1.54, 1.807) is 24.3 Å². The van der Waals surface area contributed by atoms with E-state index < -0.39 is 11.7 Å². The van der Waals surface area contributed by atoms with E-state index in [4.69, 9.17) is 18.9 Å². The van der Waals surface area contributed by atoms with Crippen molar-refractivity contribution in [1.82, 2.24) is 0 Å². The molecule has 5 aromatic carbocycles. The van der Waals surface area contributed by atoms with Gasteiger partial charge in [0.15, 0.2) is 0 Å². The lowest BCUT2D eigenvalue weighted by atomic mass is 9.94. The molecular weight excluding hydrogens is 654 g/mol. The Labute approximate surface area is 253 Å². The summed E-state index contributed by atoms with van der Waals surface area (Å²) in [5.74, 6) is 0.555. The van der Waals surface area contributed by atoms with Crippen LogP contribution in [0.1, 0.15) is 26.3 Å². The number of ketones is 1. The second-order valence-corrected chi connectivity index (χ2v) is 10.9. The molecule has 0 fully saturated rings. The minimum atomic E-state index is -0.465. The fourth-order valence-corrected chi connectivity index (χ4v) is 5.64. The van der Waals surface area contributed by atoms with Crippen LogP contribution in [-0.4, -0.2) is 40.1 Å². The zero-order valence-corrected chi connectivity index (χ0v) is 25.8. The molecule has 0 unspecified atom stereocenters. The van der Waals surface area contributed by atoms with Gasteiger partial charge in [-0.3, -0.25) is 9.59 Å². The SMILES string of the molecule is COc1cc(NC(=O)c2c(OC)ccc3cc(Br)ccc23)c(C(=O)c2c(OC)ccc3cc(Br)ccc23)c(OC)c1. The Morgan fingerprint density at radius 2 is 1.12 bits per heavy atom. The van der Waals surface area contributed by atoms with Gasteiger partial charge in [0.1, 0.15) is 23.0 Å². The first-order valence-corrected chi connectivity index (χ1v) is 14.0. The van der Waals surface area contributed by atoms with Crippen LogP contribution >= 0.6 is 31.9 Å². The topological polar surface area (TPSA) is 83.1 Å². The summed E-state index contributed by atoms with van der Waals surface area (Å²) in [6.45, 7) is 0. The molecule has 5 rings (SSSR count). The molecule has 5 aromatic rings. The van der Waals surface area contributed by atoms with Gasteiger partial charge >= 0.3 is 0 Å². The molecule has 0 heterocycles. The maximum Gasteiger partial charge on any atom is 0.260 e. The highest BCUT2D eigenvalue weighted by Crippen LogP contribution is 2.39. The number of nitrogens with one attached hydrogen (secondary N) is 1. The van der Waals surface area contributed by atoms with Crippen LogP contribution in [0.3, 0.4) is 0 Å². The molecule has 1 N–H and O–H groups in total. The van der Waals surface area contributed by atoms with Gasteiger partial charge in [0, 0.05) is 21.1 Å². The van der Waals surface area contributed by atoms with Gasteiger partial charge in [0.25, 0.3) is 5.91 Å². The quantitative estimate of drug-likeness (QED) is 0.167. The first kappa shape index (κ1) is 28.4. The molecule has 41 heavy (non-hydrogen) atoms. The highest BCUT2D eigenvalue weighted by atomic mass is 79.9. The number of carbonyl (C=O) groups excluding carboxylic acids is 2. The van der Waals surface area contributed by atoms with Crippen LogP contribution < -0.4 is 24.3 Å². The van der Waals surface area contributed by atoms with E-state index in [1.165, 1.54) is 28.4 Å². The van der Waals surface area contributed by atoms with Gasteiger partial charge in [-0.25, -0.2) is 0 Å². The highest BCUT2D eigenvalue weighted by molar-refractivity contribution is 9.10. The summed E-state index contributed by atoms with van der Waals surface area (Å²) in [5.41, 5.74) is 1.02. The lowest BCUT2D eigenvalue weighted by Crippen LogP contribution is -2.18. The molecule has 0 bridgehead atoms. The number of benzene rings is 5. The van der Waals surface area contributed by atoms with Crippen molar-refractivity contribution in [1.29, 1.82) is 0 Å². The molecule has 0 atom stereocenters. The Hall–Kier alpha value is -4.08. The third-order valence-electron chi connectivity index (χ3n) is 6.79. The summed E-state index contributed by atoms with van der Waals surface area (Å²) in [6, 6.07) is 21.7. The fraction of sp³-hybridized carbons (Fsp3) is 0.125. The molecule has 0 aromatic heterocycles. The van der Waals surface area contributed by atoms with Crippen molar-refractivity contribution in [3.05, 3.63) is 98.4 Å². The van der Waals surface area contributed by atoms with E-state index in [1.807, 2.05) is 48.5 Å². The molecule has 7 nitrogen and oxygen atoms in total. The molecule has 0 radical (unpaired) electrons. The van der Waals surface area contributed by atoms with E-state index in [9.17, 15) is 9.59 Å². The first-order chi connectivity index (χ1) is 19.8. The maximum absolute atomic E-state index is 14.4. The summed E-state index contributed by atoms with van der Waals surface area (Å²) < 4.78 is 24.1. The number of carbonyl (C=O) groups is 2. The van der Waals surface area contributed by atoms with Crippen molar-refractivity contribution in [3.63, 3.8) is 0 Å². The summed E-state index contributed by atoms with van der Waals surface area (Å²) in [4.78, 5) is 28.4. The molecule has 208 valence electrons. The Morgan fingerprint density at radius 1 is 0.585 bits per heavy atom. The summed E-state index contributed by atoms with van der Waals surface area (Å²) >= 11 is 6.98. The molecule has 0 spiro atoms. The minimum Gasteiger partial charge on any atom is -0.497 e. The second-order valence-electron chi connectivity index (χ2n) is 9.05. The fourth-order valence-electron chi connectivity index (χ4n) is 4.88. The average Bonchev–Trinajstić information content (AvgIpc) is 2.98. The van der Waals surface area contributed by atoms with Crippen LogP contribution in [0, 0.1) is 0 Å². The highest BCUT2D eigenvalue weighted by Gasteiger charge is 2.27. The summed E-state index contributed by atoms with van der Waals surface area (Å²) in [6.07, 6.45) is 0. The van der Waals surface area contributed by atoms with Crippen LogP contribution in [0.2, 0.25) is 0 Å². The molecule has 0 aliphatic rings. The molecule has 9 heteroatoms. The lowest BCUT2D eigenvalue weighted by Gasteiger charge is -2.19. The van der Waals surface area contributed by atoms with Gasteiger partial charge in [-0.2, -0.15) is 0 Å². The molecule has 0 saturated carbocycles. The largest absolute Gasteiger partial charge is 0.497 e. The van der Waals surface area contributed by atoms with Gasteiger partial charge in [-0.05, 0) is 57.9 Å². The minimum absolute atomic E-state index is 0.150. The van der Waals surface area contributed by atoms with Gasteiger partial charge in [-0.1, -0.05) is 56.1 Å². The lowest BCUT2D eigenvalue weighted by molar-refractivity contribution is 0.102. The van der Waals surface area contributed by atoms with E-state index >= 15 is 0 Å².